The Kier molecular flexibility index (Phi) is 6.07. The van der Waals surface area contributed by atoms with Crippen LogP contribution in [0.1, 0.15) is 46.2 Å². The number of imidazole rings is 1. The first-order valence-electron chi connectivity index (χ1n) is 6.80. The molecule has 1 rings (SSSR count). The number of nitrogens with zero attached hydrogens (tertiary/aromatic N) is 2. The van der Waals surface area contributed by atoms with Crippen molar-refractivity contribution >= 4 is 17.7 Å². The lowest BCUT2D eigenvalue weighted by atomic mass is 10.1. The van der Waals surface area contributed by atoms with E-state index in [1.54, 1.807) is 0 Å². The highest BCUT2D eigenvalue weighted by molar-refractivity contribution is 7.99. The first-order valence-corrected chi connectivity index (χ1v) is 7.79. The Morgan fingerprint density at radius 3 is 2.70 bits per heavy atom. The van der Waals surface area contributed by atoms with Gasteiger partial charge in [-0.3, -0.25) is 4.79 Å². The molecular formula is C14H24N2O3S. The zero-order valence-electron chi connectivity index (χ0n) is 12.8. The van der Waals surface area contributed by atoms with Crippen LogP contribution in [0.4, 0.5) is 0 Å². The standard InChI is InChI=1S/C14H24N2O3S/c1-6-19-14(4,5)9-16-11(10(2)3)7-15-13(16)20-8-12(17)18/h7,10H,6,8-9H2,1-5H3,(H,17,18). The van der Waals surface area contributed by atoms with Crippen LogP contribution in [0.5, 0.6) is 0 Å². The largest absolute Gasteiger partial charge is 0.481 e. The second-order valence-electron chi connectivity index (χ2n) is 5.58. The molecule has 0 atom stereocenters. The molecule has 1 aromatic rings. The van der Waals surface area contributed by atoms with Crippen LogP contribution in [0.15, 0.2) is 11.4 Å². The van der Waals surface area contributed by atoms with Crippen molar-refractivity contribution in [2.45, 2.75) is 57.8 Å². The summed E-state index contributed by atoms with van der Waals surface area (Å²) < 4.78 is 7.82. The van der Waals surface area contributed by atoms with Crippen LogP contribution in [-0.2, 0) is 16.1 Å². The first kappa shape index (κ1) is 17.0. The minimum absolute atomic E-state index is 0.0175. The molecule has 0 saturated carbocycles. The van der Waals surface area contributed by atoms with Crippen LogP contribution in [0.2, 0.25) is 0 Å². The molecule has 0 aliphatic rings. The highest BCUT2D eigenvalue weighted by Crippen LogP contribution is 2.26. The second kappa shape index (κ2) is 7.13. The van der Waals surface area contributed by atoms with Crippen molar-refractivity contribution in [3.63, 3.8) is 0 Å². The molecular weight excluding hydrogens is 276 g/mol. The predicted molar refractivity (Wildman–Crippen MR) is 80.4 cm³/mol. The average molecular weight is 300 g/mol. The molecule has 0 radical (unpaired) electrons. The molecule has 5 nitrogen and oxygen atoms in total. The maximum Gasteiger partial charge on any atom is 0.313 e. The van der Waals surface area contributed by atoms with Gasteiger partial charge in [-0.15, -0.1) is 0 Å². The molecule has 0 aliphatic heterocycles. The number of hydrogen-bond acceptors (Lipinski definition) is 4. The SMILES string of the molecule is CCOC(C)(C)Cn1c(C(C)C)cnc1SCC(=O)O. The Hall–Kier alpha value is -1.01. The van der Waals surface area contributed by atoms with Crippen molar-refractivity contribution in [1.82, 2.24) is 9.55 Å². The molecule has 1 aromatic heterocycles. The van der Waals surface area contributed by atoms with Gasteiger partial charge in [0.05, 0.1) is 17.9 Å². The van der Waals surface area contributed by atoms with Crippen LogP contribution in [-0.4, -0.2) is 38.6 Å². The topological polar surface area (TPSA) is 64.4 Å². The summed E-state index contributed by atoms with van der Waals surface area (Å²) in [6.45, 7) is 11.6. The van der Waals surface area contributed by atoms with E-state index in [0.717, 1.165) is 10.9 Å². The lowest BCUT2D eigenvalue weighted by Gasteiger charge is -2.27. The maximum absolute atomic E-state index is 10.7. The lowest BCUT2D eigenvalue weighted by Crippen LogP contribution is -2.31. The number of thioether (sulfide) groups is 1. The zero-order valence-corrected chi connectivity index (χ0v) is 13.7. The third-order valence-corrected chi connectivity index (χ3v) is 3.82. The van der Waals surface area contributed by atoms with E-state index >= 15 is 0 Å². The van der Waals surface area contributed by atoms with E-state index in [9.17, 15) is 4.79 Å². The van der Waals surface area contributed by atoms with E-state index in [4.69, 9.17) is 9.84 Å². The minimum Gasteiger partial charge on any atom is -0.481 e. The Balaban J connectivity index is 2.99. The van der Waals surface area contributed by atoms with Gasteiger partial charge in [0.2, 0.25) is 0 Å². The Labute approximate surface area is 124 Å². The molecule has 20 heavy (non-hydrogen) atoms. The zero-order chi connectivity index (χ0) is 15.3. The summed E-state index contributed by atoms with van der Waals surface area (Å²) in [5, 5.41) is 9.56. The molecule has 114 valence electrons. The fourth-order valence-electron chi connectivity index (χ4n) is 2.05. The third kappa shape index (κ3) is 4.83. The van der Waals surface area contributed by atoms with Crippen LogP contribution < -0.4 is 0 Å². The Bertz CT molecular complexity index is 455. The van der Waals surface area contributed by atoms with Gasteiger partial charge >= 0.3 is 5.97 Å². The van der Waals surface area contributed by atoms with Gasteiger partial charge in [0.15, 0.2) is 5.16 Å². The van der Waals surface area contributed by atoms with Crippen LogP contribution in [0, 0.1) is 0 Å². The van der Waals surface area contributed by atoms with E-state index in [2.05, 4.69) is 23.4 Å². The van der Waals surface area contributed by atoms with Crippen LogP contribution in [0.25, 0.3) is 0 Å². The van der Waals surface area contributed by atoms with Crippen LogP contribution in [0.3, 0.4) is 0 Å². The monoisotopic (exact) mass is 300 g/mol. The van der Waals surface area contributed by atoms with E-state index in [1.165, 1.54) is 11.8 Å². The summed E-state index contributed by atoms with van der Waals surface area (Å²) >= 11 is 1.25. The molecule has 1 N–H and O–H groups in total. The Morgan fingerprint density at radius 2 is 2.20 bits per heavy atom. The number of rotatable bonds is 8. The number of aliphatic carboxylic acids is 1. The van der Waals surface area contributed by atoms with Gasteiger partial charge in [0, 0.05) is 18.5 Å². The van der Waals surface area contributed by atoms with Crippen LogP contribution >= 0.6 is 11.8 Å². The quantitative estimate of drug-likeness (QED) is 0.748. The fourth-order valence-corrected chi connectivity index (χ4v) is 2.76. The summed E-state index contributed by atoms with van der Waals surface area (Å²) in [6, 6.07) is 0. The molecule has 0 amide bonds. The summed E-state index contributed by atoms with van der Waals surface area (Å²) in [5.74, 6) is -0.484. The van der Waals surface area contributed by atoms with E-state index in [-0.39, 0.29) is 11.4 Å². The van der Waals surface area contributed by atoms with Gasteiger partial charge < -0.3 is 14.4 Å². The molecule has 0 aromatic carbocycles. The lowest BCUT2D eigenvalue weighted by molar-refractivity contribution is -0.133. The first-order chi connectivity index (χ1) is 9.26. The summed E-state index contributed by atoms with van der Waals surface area (Å²) in [7, 11) is 0. The van der Waals surface area contributed by atoms with Gasteiger partial charge in [-0.25, -0.2) is 4.98 Å². The van der Waals surface area contributed by atoms with Gasteiger partial charge in [-0.2, -0.15) is 0 Å². The normalized spacial score (nSPS) is 12.1. The molecule has 0 fully saturated rings. The van der Waals surface area contributed by atoms with Crippen molar-refractivity contribution in [2.75, 3.05) is 12.4 Å². The molecule has 0 aliphatic carbocycles. The molecule has 6 heteroatoms. The number of hydrogen-bond donors (Lipinski definition) is 1. The van der Waals surface area contributed by atoms with Gasteiger partial charge in [-0.05, 0) is 26.7 Å². The van der Waals surface area contributed by atoms with Crippen molar-refractivity contribution in [2.24, 2.45) is 0 Å². The number of carboxylic acids is 1. The minimum atomic E-state index is -0.834. The van der Waals surface area contributed by atoms with E-state index in [1.807, 2.05) is 27.0 Å². The van der Waals surface area contributed by atoms with Gasteiger partial charge in [0.1, 0.15) is 0 Å². The predicted octanol–water partition coefficient (Wildman–Crippen LogP) is 3.00. The van der Waals surface area contributed by atoms with E-state index in [0.29, 0.717) is 19.1 Å². The average Bonchev–Trinajstić information content (AvgIpc) is 2.68. The molecule has 0 spiro atoms. The van der Waals surface area contributed by atoms with Gasteiger partial charge in [0.25, 0.3) is 0 Å². The summed E-state index contributed by atoms with van der Waals surface area (Å²) in [6.07, 6.45) is 1.83. The second-order valence-corrected chi connectivity index (χ2v) is 6.52. The van der Waals surface area contributed by atoms with Crippen molar-refractivity contribution in [1.29, 1.82) is 0 Å². The van der Waals surface area contributed by atoms with E-state index < -0.39 is 5.97 Å². The Morgan fingerprint density at radius 1 is 1.55 bits per heavy atom. The fraction of sp³-hybridized carbons (Fsp3) is 0.714. The summed E-state index contributed by atoms with van der Waals surface area (Å²) in [5.41, 5.74) is 0.795. The third-order valence-electron chi connectivity index (χ3n) is 2.84. The highest BCUT2D eigenvalue weighted by atomic mass is 32.2. The number of ether oxygens (including phenoxy) is 1. The maximum atomic E-state index is 10.7. The van der Waals surface area contributed by atoms with Gasteiger partial charge in [-0.1, -0.05) is 25.6 Å². The van der Waals surface area contributed by atoms with Crippen molar-refractivity contribution < 1.29 is 14.6 Å². The molecule has 1 heterocycles. The molecule has 0 bridgehead atoms. The van der Waals surface area contributed by atoms with Crippen molar-refractivity contribution in [3.8, 4) is 0 Å². The summed E-state index contributed by atoms with van der Waals surface area (Å²) in [4.78, 5) is 15.1. The molecule has 0 unspecified atom stereocenters. The highest BCUT2D eigenvalue weighted by Gasteiger charge is 2.23. The molecule has 0 saturated heterocycles. The number of aromatic nitrogens is 2. The smallest absolute Gasteiger partial charge is 0.313 e. The number of carbonyl (C=O) groups is 1. The number of carboxylic acid groups (broad SMARTS) is 1. The van der Waals surface area contributed by atoms with Crippen molar-refractivity contribution in [3.05, 3.63) is 11.9 Å².